The Morgan fingerprint density at radius 3 is 2.70 bits per heavy atom. The molecular formula is C19H20N2O2. The van der Waals surface area contributed by atoms with Crippen molar-refractivity contribution in [2.75, 3.05) is 13.1 Å². The zero-order valence-electron chi connectivity index (χ0n) is 13.3. The maximum atomic E-state index is 12.6. The highest BCUT2D eigenvalue weighted by molar-refractivity contribution is 5.94. The van der Waals surface area contributed by atoms with Crippen LogP contribution in [0.15, 0.2) is 42.6 Å². The summed E-state index contributed by atoms with van der Waals surface area (Å²) in [5.74, 6) is 0.0682. The molecule has 0 unspecified atom stereocenters. The molecule has 4 rings (SSSR count). The van der Waals surface area contributed by atoms with Gasteiger partial charge in [-0.1, -0.05) is 24.3 Å². The Morgan fingerprint density at radius 2 is 1.96 bits per heavy atom. The summed E-state index contributed by atoms with van der Waals surface area (Å²) in [5, 5.41) is 0. The number of carbonyl (C=O) groups is 1. The molecule has 0 bridgehead atoms. The second-order valence-corrected chi connectivity index (χ2v) is 6.42. The van der Waals surface area contributed by atoms with Crippen LogP contribution in [0.25, 0.3) is 0 Å². The summed E-state index contributed by atoms with van der Waals surface area (Å²) in [6.07, 6.45) is 3.38. The minimum atomic E-state index is -0.196. The predicted molar refractivity (Wildman–Crippen MR) is 87.0 cm³/mol. The van der Waals surface area contributed by atoms with Crippen LogP contribution in [0.3, 0.4) is 0 Å². The second-order valence-electron chi connectivity index (χ2n) is 6.42. The highest BCUT2D eigenvalue weighted by atomic mass is 16.5. The molecule has 1 fully saturated rings. The fourth-order valence-electron chi connectivity index (χ4n) is 3.65. The van der Waals surface area contributed by atoms with Crippen molar-refractivity contribution < 1.29 is 9.53 Å². The first-order chi connectivity index (χ1) is 11.2. The maximum absolute atomic E-state index is 12.6. The molecule has 1 amide bonds. The molecule has 0 saturated carbocycles. The van der Waals surface area contributed by atoms with Crippen LogP contribution in [0.4, 0.5) is 0 Å². The number of piperidine rings is 1. The van der Waals surface area contributed by atoms with Gasteiger partial charge in [0, 0.05) is 25.0 Å². The third kappa shape index (κ3) is 2.43. The lowest BCUT2D eigenvalue weighted by molar-refractivity contribution is -0.0741. The summed E-state index contributed by atoms with van der Waals surface area (Å²) < 4.78 is 6.15. The quantitative estimate of drug-likeness (QED) is 0.813. The molecule has 23 heavy (non-hydrogen) atoms. The molecule has 2 aromatic rings. The highest BCUT2D eigenvalue weighted by Crippen LogP contribution is 2.44. The topological polar surface area (TPSA) is 42.4 Å². The zero-order valence-corrected chi connectivity index (χ0v) is 13.3. The molecule has 1 saturated heterocycles. The summed E-state index contributed by atoms with van der Waals surface area (Å²) in [6.45, 7) is 4.06. The van der Waals surface area contributed by atoms with Gasteiger partial charge in [-0.15, -0.1) is 0 Å². The van der Waals surface area contributed by atoms with Crippen LogP contribution in [0.5, 0.6) is 0 Å². The van der Waals surface area contributed by atoms with Crippen molar-refractivity contribution in [3.05, 3.63) is 65.0 Å². The lowest BCUT2D eigenvalue weighted by Crippen LogP contribution is -2.45. The number of fused-ring (bicyclic) bond motifs is 2. The number of aromatic nitrogens is 1. The van der Waals surface area contributed by atoms with Gasteiger partial charge in [0.15, 0.2) is 0 Å². The van der Waals surface area contributed by atoms with E-state index in [0.29, 0.717) is 12.2 Å². The van der Waals surface area contributed by atoms with Crippen molar-refractivity contribution >= 4 is 5.91 Å². The van der Waals surface area contributed by atoms with Gasteiger partial charge in [0.1, 0.15) is 0 Å². The Kier molecular flexibility index (Phi) is 3.42. The summed E-state index contributed by atoms with van der Waals surface area (Å²) in [5.41, 5.74) is 3.99. The predicted octanol–water partition coefficient (Wildman–Crippen LogP) is 3.05. The number of hydrogen-bond acceptors (Lipinski definition) is 3. The molecule has 118 valence electrons. The van der Waals surface area contributed by atoms with E-state index in [1.165, 1.54) is 11.1 Å². The summed E-state index contributed by atoms with van der Waals surface area (Å²) in [7, 11) is 0. The third-order valence-electron chi connectivity index (χ3n) is 5.03. The number of benzene rings is 1. The SMILES string of the molecule is Cc1ccc(C(=O)N2CCC3(CC2)OCc2ccccc23)cn1. The Morgan fingerprint density at radius 1 is 1.17 bits per heavy atom. The third-order valence-corrected chi connectivity index (χ3v) is 5.03. The minimum Gasteiger partial charge on any atom is -0.365 e. The van der Waals surface area contributed by atoms with Crippen LogP contribution < -0.4 is 0 Å². The van der Waals surface area contributed by atoms with E-state index >= 15 is 0 Å². The number of ether oxygens (including phenoxy) is 1. The molecule has 0 aliphatic carbocycles. The minimum absolute atomic E-state index is 0.0682. The lowest BCUT2D eigenvalue weighted by Gasteiger charge is -2.39. The van der Waals surface area contributed by atoms with Crippen LogP contribution in [0, 0.1) is 6.92 Å². The number of carbonyl (C=O) groups excluding carboxylic acids is 1. The number of aryl methyl sites for hydroxylation is 1. The van der Waals surface area contributed by atoms with Crippen molar-refractivity contribution in [3.63, 3.8) is 0 Å². The first-order valence-electron chi connectivity index (χ1n) is 8.12. The first kappa shape index (κ1) is 14.4. The smallest absolute Gasteiger partial charge is 0.255 e. The van der Waals surface area contributed by atoms with Crippen LogP contribution in [0.1, 0.15) is 40.0 Å². The van der Waals surface area contributed by atoms with Crippen molar-refractivity contribution in [2.45, 2.75) is 32.0 Å². The van der Waals surface area contributed by atoms with Crippen molar-refractivity contribution in [1.29, 1.82) is 0 Å². The van der Waals surface area contributed by atoms with Crippen molar-refractivity contribution in [2.24, 2.45) is 0 Å². The molecule has 1 spiro atoms. The van der Waals surface area contributed by atoms with E-state index in [9.17, 15) is 4.79 Å². The van der Waals surface area contributed by atoms with Crippen LogP contribution in [0.2, 0.25) is 0 Å². The number of pyridine rings is 1. The second kappa shape index (κ2) is 5.46. The van der Waals surface area contributed by atoms with E-state index < -0.39 is 0 Å². The lowest BCUT2D eigenvalue weighted by atomic mass is 9.83. The van der Waals surface area contributed by atoms with Crippen molar-refractivity contribution in [3.8, 4) is 0 Å². The molecule has 2 aliphatic heterocycles. The zero-order chi connectivity index (χ0) is 15.9. The number of hydrogen-bond donors (Lipinski definition) is 0. The van der Waals surface area contributed by atoms with E-state index in [-0.39, 0.29) is 11.5 Å². The van der Waals surface area contributed by atoms with Gasteiger partial charge in [-0.2, -0.15) is 0 Å². The average molecular weight is 308 g/mol. The highest BCUT2D eigenvalue weighted by Gasteiger charge is 2.43. The molecule has 3 heterocycles. The summed E-state index contributed by atoms with van der Waals surface area (Å²) >= 11 is 0. The first-order valence-corrected chi connectivity index (χ1v) is 8.12. The Balaban J connectivity index is 1.50. The van der Waals surface area contributed by atoms with Gasteiger partial charge in [-0.3, -0.25) is 9.78 Å². The van der Waals surface area contributed by atoms with E-state index in [4.69, 9.17) is 4.74 Å². The normalized spacial score (nSPS) is 18.9. The van der Waals surface area contributed by atoms with Gasteiger partial charge in [0.2, 0.25) is 0 Å². The van der Waals surface area contributed by atoms with Crippen LogP contribution >= 0.6 is 0 Å². The van der Waals surface area contributed by atoms with Crippen LogP contribution in [-0.4, -0.2) is 28.9 Å². The van der Waals surface area contributed by atoms with Gasteiger partial charge in [-0.25, -0.2) is 0 Å². The molecular weight excluding hydrogens is 288 g/mol. The molecule has 0 radical (unpaired) electrons. The van der Waals surface area contributed by atoms with E-state index in [1.807, 2.05) is 24.0 Å². The molecule has 4 heteroatoms. The standard InChI is InChI=1S/C19H20N2O2/c1-14-6-7-15(12-20-14)18(22)21-10-8-19(9-11-21)17-5-3-2-4-16(17)13-23-19/h2-7,12H,8-11,13H2,1H3. The fraction of sp³-hybridized carbons (Fsp3) is 0.368. The van der Waals surface area contributed by atoms with Crippen molar-refractivity contribution in [1.82, 2.24) is 9.88 Å². The molecule has 2 aliphatic rings. The Hall–Kier alpha value is -2.20. The monoisotopic (exact) mass is 308 g/mol. The number of nitrogens with zero attached hydrogens (tertiary/aromatic N) is 2. The van der Waals surface area contributed by atoms with Gasteiger partial charge in [0.25, 0.3) is 5.91 Å². The average Bonchev–Trinajstić information content (AvgIpc) is 2.95. The van der Waals surface area contributed by atoms with Gasteiger partial charge < -0.3 is 9.64 Å². The fourth-order valence-corrected chi connectivity index (χ4v) is 3.65. The largest absolute Gasteiger partial charge is 0.365 e. The van der Waals surface area contributed by atoms with E-state index in [1.54, 1.807) is 6.20 Å². The van der Waals surface area contributed by atoms with Gasteiger partial charge in [-0.05, 0) is 43.0 Å². The maximum Gasteiger partial charge on any atom is 0.255 e. The molecule has 1 aromatic carbocycles. The molecule has 4 nitrogen and oxygen atoms in total. The molecule has 1 aromatic heterocycles. The Bertz CT molecular complexity index is 731. The summed E-state index contributed by atoms with van der Waals surface area (Å²) in [6, 6.07) is 12.2. The van der Waals surface area contributed by atoms with E-state index in [2.05, 4.69) is 29.2 Å². The molecule has 0 N–H and O–H groups in total. The number of likely N-dealkylation sites (tertiary alicyclic amines) is 1. The van der Waals surface area contributed by atoms with Gasteiger partial charge in [0.05, 0.1) is 17.8 Å². The van der Waals surface area contributed by atoms with Gasteiger partial charge >= 0.3 is 0 Å². The number of amides is 1. The molecule has 0 atom stereocenters. The number of rotatable bonds is 1. The van der Waals surface area contributed by atoms with E-state index in [0.717, 1.165) is 31.6 Å². The van der Waals surface area contributed by atoms with Crippen LogP contribution in [-0.2, 0) is 16.9 Å². The Labute approximate surface area is 136 Å². The summed E-state index contributed by atoms with van der Waals surface area (Å²) in [4.78, 5) is 18.7.